The highest BCUT2D eigenvalue weighted by Crippen LogP contribution is 2.39. The molecular weight excluding hydrogens is 417 g/mol. The molecule has 1 N–H and O–H groups in total. The molecule has 5 nitrogen and oxygen atoms in total. The van der Waals surface area contributed by atoms with E-state index in [0.717, 1.165) is 30.8 Å². The highest BCUT2D eigenvalue weighted by molar-refractivity contribution is 6.04. The van der Waals surface area contributed by atoms with Gasteiger partial charge in [0.25, 0.3) is 0 Å². The second-order valence-corrected chi connectivity index (χ2v) is 7.86. The molecule has 3 aromatic rings. The van der Waals surface area contributed by atoms with Crippen LogP contribution in [0.4, 0.5) is 35.2 Å². The van der Waals surface area contributed by atoms with Crippen LogP contribution < -0.4 is 15.1 Å². The Bertz CT molecular complexity index is 1120. The van der Waals surface area contributed by atoms with E-state index in [0.29, 0.717) is 22.6 Å². The summed E-state index contributed by atoms with van der Waals surface area (Å²) in [6, 6.07) is 15.4. The Labute approximate surface area is 184 Å². The maximum atomic E-state index is 13.2. The van der Waals surface area contributed by atoms with Crippen LogP contribution in [0.2, 0.25) is 0 Å². The van der Waals surface area contributed by atoms with Crippen molar-refractivity contribution in [1.29, 1.82) is 0 Å². The van der Waals surface area contributed by atoms with Crippen LogP contribution in [0.3, 0.4) is 0 Å². The number of benzene rings is 2. The number of anilines is 3. The third-order valence-corrected chi connectivity index (χ3v) is 5.61. The standard InChI is InChI=1S/C24H23F3N4O/c1-16-11-13-30(2)20-10-9-18(17-6-5-7-19(14-17)24(25,26)27)15-21(20)31(16)23(32)29-22-8-3-4-12-28-22/h3-10,12,14-16H,11,13H2,1-2H3,(H,28,29,32)/t16-/m1/s1. The van der Waals surface area contributed by atoms with Crippen LogP contribution in [0.5, 0.6) is 0 Å². The monoisotopic (exact) mass is 440 g/mol. The van der Waals surface area contributed by atoms with Crippen LogP contribution >= 0.6 is 0 Å². The minimum Gasteiger partial charge on any atom is -0.373 e. The number of carbonyl (C=O) groups excluding carboxylic acids is 1. The lowest BCUT2D eigenvalue weighted by Gasteiger charge is -2.29. The Hall–Kier alpha value is -3.55. The van der Waals surface area contributed by atoms with E-state index in [9.17, 15) is 18.0 Å². The predicted octanol–water partition coefficient (Wildman–Crippen LogP) is 6.03. The summed E-state index contributed by atoms with van der Waals surface area (Å²) in [4.78, 5) is 21.1. The number of urea groups is 1. The second kappa shape index (κ2) is 8.53. The van der Waals surface area contributed by atoms with E-state index >= 15 is 0 Å². The summed E-state index contributed by atoms with van der Waals surface area (Å²) in [6.45, 7) is 2.70. The molecule has 1 aliphatic rings. The van der Waals surface area contributed by atoms with Gasteiger partial charge in [-0.1, -0.05) is 24.3 Å². The molecule has 0 spiro atoms. The average molecular weight is 440 g/mol. The van der Waals surface area contributed by atoms with E-state index in [1.165, 1.54) is 6.07 Å². The first-order valence-corrected chi connectivity index (χ1v) is 10.3. The Morgan fingerprint density at radius 3 is 2.53 bits per heavy atom. The van der Waals surface area contributed by atoms with Crippen LogP contribution in [0.25, 0.3) is 11.1 Å². The lowest BCUT2D eigenvalue weighted by atomic mass is 10.0. The molecule has 1 aliphatic heterocycles. The van der Waals surface area contributed by atoms with E-state index in [-0.39, 0.29) is 12.1 Å². The summed E-state index contributed by atoms with van der Waals surface area (Å²) in [5.74, 6) is 0.429. The maximum absolute atomic E-state index is 13.2. The zero-order chi connectivity index (χ0) is 22.9. The number of nitrogens with zero attached hydrogens (tertiary/aromatic N) is 3. The first-order valence-electron chi connectivity index (χ1n) is 10.3. The van der Waals surface area contributed by atoms with Crippen molar-refractivity contribution in [3.63, 3.8) is 0 Å². The Morgan fingerprint density at radius 1 is 1.03 bits per heavy atom. The molecule has 1 atom stereocenters. The number of hydrogen-bond donors (Lipinski definition) is 1. The van der Waals surface area contributed by atoms with Gasteiger partial charge in [0, 0.05) is 25.8 Å². The van der Waals surface area contributed by atoms with Gasteiger partial charge in [0.05, 0.1) is 16.9 Å². The summed E-state index contributed by atoms with van der Waals surface area (Å²) in [7, 11) is 1.94. The molecular formula is C24H23F3N4O. The van der Waals surface area contributed by atoms with E-state index in [1.807, 2.05) is 20.0 Å². The van der Waals surface area contributed by atoms with Gasteiger partial charge in [-0.25, -0.2) is 9.78 Å². The number of amides is 2. The first kappa shape index (κ1) is 21.7. The fourth-order valence-corrected chi connectivity index (χ4v) is 3.88. The van der Waals surface area contributed by atoms with Crippen LogP contribution in [0, 0.1) is 0 Å². The molecule has 0 saturated heterocycles. The van der Waals surface area contributed by atoms with Crippen LogP contribution in [-0.4, -0.2) is 30.6 Å². The highest BCUT2D eigenvalue weighted by atomic mass is 19.4. The molecule has 1 aromatic heterocycles. The Kier molecular flexibility index (Phi) is 5.78. The van der Waals surface area contributed by atoms with Gasteiger partial charge in [-0.05, 0) is 60.9 Å². The summed E-state index contributed by atoms with van der Waals surface area (Å²) in [6.07, 6.45) is -2.10. The van der Waals surface area contributed by atoms with Crippen LogP contribution in [0.1, 0.15) is 18.9 Å². The number of halogens is 3. The molecule has 0 aliphatic carbocycles. The molecule has 2 amide bonds. The van der Waals surface area contributed by atoms with Gasteiger partial charge < -0.3 is 4.90 Å². The van der Waals surface area contributed by atoms with Gasteiger partial charge in [0.2, 0.25) is 0 Å². The van der Waals surface area contributed by atoms with Crippen LogP contribution in [0.15, 0.2) is 66.9 Å². The first-order chi connectivity index (χ1) is 15.2. The molecule has 0 bridgehead atoms. The van der Waals surface area contributed by atoms with Gasteiger partial charge >= 0.3 is 12.2 Å². The third kappa shape index (κ3) is 4.39. The summed E-state index contributed by atoms with van der Waals surface area (Å²) >= 11 is 0. The van der Waals surface area contributed by atoms with Gasteiger partial charge in [0.15, 0.2) is 0 Å². The molecule has 0 saturated carbocycles. The number of nitrogens with one attached hydrogen (secondary N) is 1. The Balaban J connectivity index is 1.77. The van der Waals surface area contributed by atoms with Gasteiger partial charge in [-0.3, -0.25) is 10.2 Å². The predicted molar refractivity (Wildman–Crippen MR) is 120 cm³/mol. The number of pyridine rings is 1. The number of carbonyl (C=O) groups is 1. The number of alkyl halides is 3. The van der Waals surface area contributed by atoms with Crippen molar-refractivity contribution in [3.8, 4) is 11.1 Å². The summed E-state index contributed by atoms with van der Waals surface area (Å²) < 4.78 is 39.6. The van der Waals surface area contributed by atoms with E-state index in [2.05, 4.69) is 15.2 Å². The third-order valence-electron chi connectivity index (χ3n) is 5.61. The normalized spacial score (nSPS) is 16.3. The Morgan fingerprint density at radius 2 is 1.81 bits per heavy atom. The number of aromatic nitrogens is 1. The SMILES string of the molecule is C[C@@H]1CCN(C)c2ccc(-c3cccc(C(F)(F)F)c3)cc2N1C(=O)Nc1ccccn1. The largest absolute Gasteiger partial charge is 0.416 e. The summed E-state index contributed by atoms with van der Waals surface area (Å²) in [5, 5.41) is 2.82. The van der Waals surface area contributed by atoms with Gasteiger partial charge in [0.1, 0.15) is 5.82 Å². The van der Waals surface area contributed by atoms with Crippen molar-refractivity contribution >= 4 is 23.2 Å². The minimum atomic E-state index is -4.43. The lowest BCUT2D eigenvalue weighted by molar-refractivity contribution is -0.137. The molecule has 0 unspecified atom stereocenters. The fraction of sp³-hybridized carbons (Fsp3) is 0.250. The molecule has 0 fully saturated rings. The molecule has 0 radical (unpaired) electrons. The molecule has 2 aromatic carbocycles. The van der Waals surface area contributed by atoms with Crippen molar-refractivity contribution in [2.45, 2.75) is 25.6 Å². The number of fused-ring (bicyclic) bond motifs is 1. The van der Waals surface area contributed by atoms with Crippen molar-refractivity contribution in [1.82, 2.24) is 4.98 Å². The van der Waals surface area contributed by atoms with Crippen molar-refractivity contribution in [3.05, 3.63) is 72.4 Å². The molecule has 2 heterocycles. The molecule has 166 valence electrons. The van der Waals surface area contributed by atoms with Gasteiger partial charge in [-0.15, -0.1) is 0 Å². The van der Waals surface area contributed by atoms with E-state index in [1.54, 1.807) is 47.5 Å². The molecule has 32 heavy (non-hydrogen) atoms. The van der Waals surface area contributed by atoms with E-state index < -0.39 is 11.7 Å². The van der Waals surface area contributed by atoms with Gasteiger partial charge in [-0.2, -0.15) is 13.2 Å². The lowest BCUT2D eigenvalue weighted by Crippen LogP contribution is -2.41. The topological polar surface area (TPSA) is 48.5 Å². The quantitative estimate of drug-likeness (QED) is 0.529. The fourth-order valence-electron chi connectivity index (χ4n) is 3.88. The van der Waals surface area contributed by atoms with Crippen LogP contribution in [-0.2, 0) is 6.18 Å². The van der Waals surface area contributed by atoms with Crippen molar-refractivity contribution in [2.24, 2.45) is 0 Å². The highest BCUT2D eigenvalue weighted by Gasteiger charge is 2.31. The second-order valence-electron chi connectivity index (χ2n) is 7.86. The van der Waals surface area contributed by atoms with E-state index in [4.69, 9.17) is 0 Å². The number of hydrogen-bond acceptors (Lipinski definition) is 3. The average Bonchev–Trinajstić information content (AvgIpc) is 2.89. The minimum absolute atomic E-state index is 0.126. The zero-order valence-corrected chi connectivity index (χ0v) is 17.7. The molecule has 8 heteroatoms. The zero-order valence-electron chi connectivity index (χ0n) is 17.7. The smallest absolute Gasteiger partial charge is 0.373 e. The summed E-state index contributed by atoms with van der Waals surface area (Å²) in [5.41, 5.74) is 1.81. The molecule has 4 rings (SSSR count). The van der Waals surface area contributed by atoms with Crippen molar-refractivity contribution < 1.29 is 18.0 Å². The maximum Gasteiger partial charge on any atom is 0.416 e. The van der Waals surface area contributed by atoms with Crippen molar-refractivity contribution in [2.75, 3.05) is 28.7 Å². The number of rotatable bonds is 2.